The Bertz CT molecular complexity index is 451. The molecule has 0 heterocycles. The Morgan fingerprint density at radius 2 is 1.95 bits per heavy atom. The zero-order chi connectivity index (χ0) is 15.0. The van der Waals surface area contributed by atoms with Gasteiger partial charge in [0.1, 0.15) is 0 Å². The third-order valence-corrected chi connectivity index (χ3v) is 3.26. The summed E-state index contributed by atoms with van der Waals surface area (Å²) >= 11 is 0. The van der Waals surface area contributed by atoms with Crippen LogP contribution >= 0.6 is 0 Å². The van der Waals surface area contributed by atoms with Crippen LogP contribution in [0.5, 0.6) is 0 Å². The molecule has 0 saturated heterocycles. The van der Waals surface area contributed by atoms with E-state index in [4.69, 9.17) is 5.26 Å². The van der Waals surface area contributed by atoms with E-state index < -0.39 is 0 Å². The van der Waals surface area contributed by atoms with Gasteiger partial charge in [-0.25, -0.2) is 0 Å². The highest BCUT2D eigenvalue weighted by molar-refractivity contribution is 5.77. The van der Waals surface area contributed by atoms with Crippen LogP contribution in [0.4, 0.5) is 0 Å². The molecule has 0 aromatic heterocycles. The van der Waals surface area contributed by atoms with Crippen LogP contribution in [0.1, 0.15) is 31.4 Å². The Balaban J connectivity index is 2.94. The number of carbonyl (C=O) groups is 1. The van der Waals surface area contributed by atoms with E-state index in [2.05, 4.69) is 17.9 Å². The Morgan fingerprint density at radius 3 is 2.45 bits per heavy atom. The zero-order valence-corrected chi connectivity index (χ0v) is 12.5. The first kappa shape index (κ1) is 16.2. The molecular weight excluding hydrogens is 250 g/mol. The van der Waals surface area contributed by atoms with E-state index in [1.807, 2.05) is 30.3 Å². The van der Waals surface area contributed by atoms with Crippen LogP contribution in [-0.2, 0) is 4.79 Å². The third-order valence-electron chi connectivity index (χ3n) is 3.26. The number of carbonyl (C=O) groups excluding carboxylic acids is 1. The first-order chi connectivity index (χ1) is 9.60. The molecule has 1 rings (SSSR count). The number of benzene rings is 1. The molecule has 0 fully saturated rings. The summed E-state index contributed by atoms with van der Waals surface area (Å²) in [4.78, 5) is 15.7. The molecule has 0 aliphatic carbocycles. The van der Waals surface area contributed by atoms with E-state index in [0.29, 0.717) is 13.0 Å². The smallest absolute Gasteiger partial charge is 0.236 e. The van der Waals surface area contributed by atoms with Crippen LogP contribution in [0.25, 0.3) is 0 Å². The van der Waals surface area contributed by atoms with Gasteiger partial charge in [0, 0.05) is 20.1 Å². The summed E-state index contributed by atoms with van der Waals surface area (Å²) in [7, 11) is 3.52. The Morgan fingerprint density at radius 1 is 1.30 bits per heavy atom. The lowest BCUT2D eigenvalue weighted by molar-refractivity contribution is -0.130. The van der Waals surface area contributed by atoms with Crippen LogP contribution in [0.15, 0.2) is 30.3 Å². The lowest BCUT2D eigenvalue weighted by atomic mass is 10.0. The van der Waals surface area contributed by atoms with Crippen LogP contribution in [0.2, 0.25) is 0 Å². The largest absolute Gasteiger partial charge is 0.348 e. The number of likely N-dealkylation sites (N-methyl/N-ethyl adjacent to an activating group) is 1. The SMILES string of the molecule is CCCN(CC(=O)N(C)C)C(CC#N)c1ccccc1. The van der Waals surface area contributed by atoms with Crippen molar-refractivity contribution in [1.29, 1.82) is 5.26 Å². The molecular formula is C16H23N3O. The van der Waals surface area contributed by atoms with Crippen LogP contribution in [0.3, 0.4) is 0 Å². The van der Waals surface area contributed by atoms with Crippen molar-refractivity contribution in [1.82, 2.24) is 9.80 Å². The van der Waals surface area contributed by atoms with Crippen molar-refractivity contribution < 1.29 is 4.79 Å². The van der Waals surface area contributed by atoms with Gasteiger partial charge in [0.25, 0.3) is 0 Å². The molecule has 1 unspecified atom stereocenters. The summed E-state index contributed by atoms with van der Waals surface area (Å²) in [6, 6.07) is 12.2. The van der Waals surface area contributed by atoms with E-state index in [9.17, 15) is 4.79 Å². The quantitative estimate of drug-likeness (QED) is 0.766. The maximum absolute atomic E-state index is 12.0. The van der Waals surface area contributed by atoms with Crippen molar-refractivity contribution in [2.24, 2.45) is 0 Å². The first-order valence-electron chi connectivity index (χ1n) is 6.96. The molecule has 20 heavy (non-hydrogen) atoms. The van der Waals surface area contributed by atoms with Crippen molar-refractivity contribution in [3.05, 3.63) is 35.9 Å². The second-order valence-electron chi connectivity index (χ2n) is 5.05. The molecule has 0 aliphatic rings. The van der Waals surface area contributed by atoms with E-state index in [-0.39, 0.29) is 11.9 Å². The topological polar surface area (TPSA) is 47.3 Å². The highest BCUT2D eigenvalue weighted by Crippen LogP contribution is 2.24. The summed E-state index contributed by atoms with van der Waals surface area (Å²) in [5.74, 6) is 0.0670. The van der Waals surface area contributed by atoms with Crippen molar-refractivity contribution >= 4 is 5.91 Å². The predicted octanol–water partition coefficient (Wildman–Crippen LogP) is 2.44. The Hall–Kier alpha value is -1.86. The van der Waals surface area contributed by atoms with Gasteiger partial charge in [-0.3, -0.25) is 9.69 Å². The summed E-state index contributed by atoms with van der Waals surface area (Å²) in [5.41, 5.74) is 1.09. The molecule has 0 aliphatic heterocycles. The van der Waals surface area contributed by atoms with Gasteiger partial charge in [0.15, 0.2) is 0 Å². The van der Waals surface area contributed by atoms with Gasteiger partial charge in [0.2, 0.25) is 5.91 Å². The minimum atomic E-state index is -0.0231. The van der Waals surface area contributed by atoms with Gasteiger partial charge < -0.3 is 4.90 Å². The van der Waals surface area contributed by atoms with E-state index in [1.54, 1.807) is 19.0 Å². The van der Waals surface area contributed by atoms with Crippen LogP contribution < -0.4 is 0 Å². The van der Waals surface area contributed by atoms with Gasteiger partial charge in [-0.15, -0.1) is 0 Å². The highest BCUT2D eigenvalue weighted by Gasteiger charge is 2.22. The molecule has 0 bridgehead atoms. The molecule has 4 heteroatoms. The number of rotatable bonds is 7. The fourth-order valence-corrected chi connectivity index (χ4v) is 2.17. The summed E-state index contributed by atoms with van der Waals surface area (Å²) in [6.45, 7) is 3.24. The summed E-state index contributed by atoms with van der Waals surface area (Å²) < 4.78 is 0. The molecule has 1 aromatic carbocycles. The van der Waals surface area contributed by atoms with Gasteiger partial charge in [-0.05, 0) is 18.5 Å². The molecule has 108 valence electrons. The Kier molecular flexibility index (Phi) is 6.75. The molecule has 1 aromatic rings. The number of hydrogen-bond donors (Lipinski definition) is 0. The summed E-state index contributed by atoms with van der Waals surface area (Å²) in [5, 5.41) is 9.09. The third kappa shape index (κ3) is 4.67. The fraction of sp³-hybridized carbons (Fsp3) is 0.500. The maximum atomic E-state index is 12.0. The number of amides is 1. The first-order valence-corrected chi connectivity index (χ1v) is 6.96. The molecule has 1 atom stereocenters. The second kappa shape index (κ2) is 8.34. The number of nitriles is 1. The van der Waals surface area contributed by atoms with Crippen molar-refractivity contribution in [3.63, 3.8) is 0 Å². The lowest BCUT2D eigenvalue weighted by Gasteiger charge is -2.30. The highest BCUT2D eigenvalue weighted by atomic mass is 16.2. The van der Waals surface area contributed by atoms with Crippen LogP contribution in [0, 0.1) is 11.3 Å². The predicted molar refractivity (Wildman–Crippen MR) is 80.0 cm³/mol. The normalized spacial score (nSPS) is 11.9. The molecule has 0 N–H and O–H groups in total. The van der Waals surface area contributed by atoms with Crippen LogP contribution in [-0.4, -0.2) is 42.9 Å². The van der Waals surface area contributed by atoms with E-state index in [0.717, 1.165) is 18.5 Å². The minimum Gasteiger partial charge on any atom is -0.348 e. The van der Waals surface area contributed by atoms with Gasteiger partial charge in [-0.1, -0.05) is 37.3 Å². The minimum absolute atomic E-state index is 0.0231. The zero-order valence-electron chi connectivity index (χ0n) is 12.5. The monoisotopic (exact) mass is 273 g/mol. The van der Waals surface area contributed by atoms with Gasteiger partial charge >= 0.3 is 0 Å². The average molecular weight is 273 g/mol. The lowest BCUT2D eigenvalue weighted by Crippen LogP contribution is -2.39. The van der Waals surface area contributed by atoms with E-state index in [1.165, 1.54) is 0 Å². The number of hydrogen-bond acceptors (Lipinski definition) is 3. The van der Waals surface area contributed by atoms with Crippen molar-refractivity contribution in [3.8, 4) is 6.07 Å². The maximum Gasteiger partial charge on any atom is 0.236 e. The molecule has 0 spiro atoms. The van der Waals surface area contributed by atoms with Gasteiger partial charge in [0.05, 0.1) is 19.0 Å². The fourth-order valence-electron chi connectivity index (χ4n) is 2.17. The number of nitrogens with zero attached hydrogens (tertiary/aromatic N) is 3. The van der Waals surface area contributed by atoms with Crippen molar-refractivity contribution in [2.75, 3.05) is 27.2 Å². The molecule has 4 nitrogen and oxygen atoms in total. The molecule has 0 saturated carbocycles. The van der Waals surface area contributed by atoms with Gasteiger partial charge in [-0.2, -0.15) is 5.26 Å². The summed E-state index contributed by atoms with van der Waals surface area (Å²) in [6.07, 6.45) is 1.35. The average Bonchev–Trinajstić information content (AvgIpc) is 2.45. The Labute approximate surface area is 121 Å². The standard InChI is InChI=1S/C16H23N3O/c1-4-12-19(13-16(20)18(2)3)15(10-11-17)14-8-6-5-7-9-14/h5-9,15H,4,10,12-13H2,1-3H3. The van der Waals surface area contributed by atoms with E-state index >= 15 is 0 Å². The second-order valence-corrected chi connectivity index (χ2v) is 5.05. The molecule has 1 amide bonds. The van der Waals surface area contributed by atoms with Crippen molar-refractivity contribution in [2.45, 2.75) is 25.8 Å². The molecule has 0 radical (unpaired) electrons.